The van der Waals surface area contributed by atoms with Crippen LogP contribution in [0, 0.1) is 13.8 Å². The third-order valence-electron chi connectivity index (χ3n) is 3.13. The van der Waals surface area contributed by atoms with Gasteiger partial charge in [0.2, 0.25) is 0 Å². The molecule has 122 valence electrons. The van der Waals surface area contributed by atoms with Crippen LogP contribution in [-0.2, 0) is 16.1 Å². The standard InChI is InChI=1S/C17H19NO4S/c1-11-16(23-12(2)18-11)10-22-17(19)6-5-13-7-14(20-3)9-15(8-13)21-4/h5-9H,10H2,1-4H3. The first kappa shape index (κ1) is 17.0. The number of aromatic nitrogens is 1. The summed E-state index contributed by atoms with van der Waals surface area (Å²) in [5.41, 5.74) is 1.70. The normalized spacial score (nSPS) is 10.8. The third-order valence-corrected chi connectivity index (χ3v) is 4.18. The van der Waals surface area contributed by atoms with Gasteiger partial charge in [0.25, 0.3) is 0 Å². The SMILES string of the molecule is COc1cc(C=CC(=O)OCc2sc(C)nc2C)cc(OC)c1. The van der Waals surface area contributed by atoms with E-state index in [1.165, 1.54) is 17.4 Å². The lowest BCUT2D eigenvalue weighted by molar-refractivity contribution is -0.138. The number of benzene rings is 1. The molecule has 0 amide bonds. The van der Waals surface area contributed by atoms with Gasteiger partial charge in [0, 0.05) is 12.1 Å². The highest BCUT2D eigenvalue weighted by molar-refractivity contribution is 7.11. The largest absolute Gasteiger partial charge is 0.497 e. The van der Waals surface area contributed by atoms with Crippen LogP contribution in [0.15, 0.2) is 24.3 Å². The molecule has 2 aromatic rings. The summed E-state index contributed by atoms with van der Waals surface area (Å²) in [6.07, 6.45) is 3.05. The minimum Gasteiger partial charge on any atom is -0.497 e. The third kappa shape index (κ3) is 4.82. The Hall–Kier alpha value is -2.34. The van der Waals surface area contributed by atoms with Crippen LogP contribution < -0.4 is 9.47 Å². The second-order valence-electron chi connectivity index (χ2n) is 4.83. The molecule has 0 aliphatic rings. The average Bonchev–Trinajstić information content (AvgIpc) is 2.88. The van der Waals surface area contributed by atoms with Gasteiger partial charge in [-0.1, -0.05) is 0 Å². The van der Waals surface area contributed by atoms with Crippen LogP contribution in [0.5, 0.6) is 11.5 Å². The van der Waals surface area contributed by atoms with E-state index in [9.17, 15) is 4.79 Å². The summed E-state index contributed by atoms with van der Waals surface area (Å²) in [5, 5.41) is 0.965. The molecule has 0 aliphatic carbocycles. The lowest BCUT2D eigenvalue weighted by Gasteiger charge is -2.05. The lowest BCUT2D eigenvalue weighted by atomic mass is 10.2. The van der Waals surface area contributed by atoms with Crippen LogP contribution in [0.3, 0.4) is 0 Å². The van der Waals surface area contributed by atoms with Crippen molar-refractivity contribution >= 4 is 23.4 Å². The highest BCUT2D eigenvalue weighted by Gasteiger charge is 2.07. The first-order valence-corrected chi connectivity index (χ1v) is 7.84. The Morgan fingerprint density at radius 2 is 1.83 bits per heavy atom. The zero-order valence-corrected chi connectivity index (χ0v) is 14.4. The van der Waals surface area contributed by atoms with Crippen molar-refractivity contribution in [3.63, 3.8) is 0 Å². The van der Waals surface area contributed by atoms with Gasteiger partial charge < -0.3 is 14.2 Å². The van der Waals surface area contributed by atoms with E-state index >= 15 is 0 Å². The molecule has 0 fully saturated rings. The molecule has 0 bridgehead atoms. The molecule has 0 radical (unpaired) electrons. The van der Waals surface area contributed by atoms with Crippen LogP contribution in [-0.4, -0.2) is 25.2 Å². The number of esters is 1. The fourth-order valence-electron chi connectivity index (χ4n) is 1.98. The van der Waals surface area contributed by atoms with Crippen LogP contribution in [0.25, 0.3) is 6.08 Å². The molecule has 0 saturated carbocycles. The van der Waals surface area contributed by atoms with Gasteiger partial charge >= 0.3 is 5.97 Å². The average molecular weight is 333 g/mol. The molecule has 1 heterocycles. The Labute approximate surface area is 139 Å². The summed E-state index contributed by atoms with van der Waals surface area (Å²) < 4.78 is 15.6. The molecule has 23 heavy (non-hydrogen) atoms. The topological polar surface area (TPSA) is 57.7 Å². The number of thiazole rings is 1. The first-order chi connectivity index (χ1) is 11.0. The van der Waals surface area contributed by atoms with Gasteiger partial charge in [-0.2, -0.15) is 0 Å². The highest BCUT2D eigenvalue weighted by atomic mass is 32.1. The summed E-state index contributed by atoms with van der Waals surface area (Å²) in [7, 11) is 3.16. The Balaban J connectivity index is 1.99. The van der Waals surface area contributed by atoms with Crippen LogP contribution in [0.4, 0.5) is 0 Å². The molecule has 1 aromatic heterocycles. The van der Waals surface area contributed by atoms with Crippen molar-refractivity contribution in [2.45, 2.75) is 20.5 Å². The first-order valence-electron chi connectivity index (χ1n) is 7.02. The van der Waals surface area contributed by atoms with Crippen molar-refractivity contribution in [3.8, 4) is 11.5 Å². The van der Waals surface area contributed by atoms with Gasteiger partial charge in [0.1, 0.15) is 18.1 Å². The summed E-state index contributed by atoms with van der Waals surface area (Å²) in [6, 6.07) is 5.39. The van der Waals surface area contributed by atoms with Crippen molar-refractivity contribution in [1.29, 1.82) is 0 Å². The number of rotatable bonds is 6. The fourth-order valence-corrected chi connectivity index (χ4v) is 2.83. The molecule has 0 unspecified atom stereocenters. The number of carbonyl (C=O) groups is 1. The summed E-state index contributed by atoms with van der Waals surface area (Å²) in [5.74, 6) is 0.915. The molecule has 2 rings (SSSR count). The molecule has 0 N–H and O–H groups in total. The summed E-state index contributed by atoms with van der Waals surface area (Å²) >= 11 is 1.54. The molecular formula is C17H19NO4S. The van der Waals surface area contributed by atoms with E-state index in [2.05, 4.69) is 4.98 Å². The molecule has 6 heteroatoms. The predicted molar refractivity (Wildman–Crippen MR) is 90.0 cm³/mol. The van der Waals surface area contributed by atoms with E-state index in [-0.39, 0.29) is 6.61 Å². The van der Waals surface area contributed by atoms with Crippen molar-refractivity contribution < 1.29 is 19.0 Å². The second-order valence-corrected chi connectivity index (χ2v) is 6.12. The molecule has 0 saturated heterocycles. The number of ether oxygens (including phenoxy) is 3. The molecule has 0 aliphatic heterocycles. The Morgan fingerprint density at radius 1 is 1.17 bits per heavy atom. The van der Waals surface area contributed by atoms with Gasteiger partial charge in [-0.25, -0.2) is 9.78 Å². The van der Waals surface area contributed by atoms with Gasteiger partial charge in [-0.3, -0.25) is 0 Å². The van der Waals surface area contributed by atoms with Gasteiger partial charge in [-0.05, 0) is 37.6 Å². The number of hydrogen-bond acceptors (Lipinski definition) is 6. The Kier molecular flexibility index (Phi) is 5.76. The number of hydrogen-bond donors (Lipinski definition) is 0. The van der Waals surface area contributed by atoms with Gasteiger partial charge in [0.05, 0.1) is 29.8 Å². The smallest absolute Gasteiger partial charge is 0.331 e. The fraction of sp³-hybridized carbons (Fsp3) is 0.294. The molecule has 5 nitrogen and oxygen atoms in total. The molecule has 1 aromatic carbocycles. The monoisotopic (exact) mass is 333 g/mol. The van der Waals surface area contributed by atoms with Crippen LogP contribution >= 0.6 is 11.3 Å². The van der Waals surface area contributed by atoms with Gasteiger partial charge in [0.15, 0.2) is 0 Å². The Morgan fingerprint density at radius 3 is 2.35 bits per heavy atom. The lowest BCUT2D eigenvalue weighted by Crippen LogP contribution is -2.00. The van der Waals surface area contributed by atoms with E-state index in [1.807, 2.05) is 26.0 Å². The van der Waals surface area contributed by atoms with E-state index in [0.717, 1.165) is 21.1 Å². The summed E-state index contributed by atoms with van der Waals surface area (Å²) in [6.45, 7) is 4.08. The van der Waals surface area contributed by atoms with E-state index in [0.29, 0.717) is 11.5 Å². The van der Waals surface area contributed by atoms with Crippen molar-refractivity contribution in [2.75, 3.05) is 14.2 Å². The van der Waals surface area contributed by atoms with Crippen molar-refractivity contribution in [3.05, 3.63) is 45.4 Å². The van der Waals surface area contributed by atoms with Crippen LogP contribution in [0.2, 0.25) is 0 Å². The number of carbonyl (C=O) groups excluding carboxylic acids is 1. The van der Waals surface area contributed by atoms with Crippen molar-refractivity contribution in [1.82, 2.24) is 4.98 Å². The van der Waals surface area contributed by atoms with Gasteiger partial charge in [-0.15, -0.1) is 11.3 Å². The van der Waals surface area contributed by atoms with E-state index in [4.69, 9.17) is 14.2 Å². The molecular weight excluding hydrogens is 314 g/mol. The molecule has 0 spiro atoms. The number of methoxy groups -OCH3 is 2. The predicted octanol–water partition coefficient (Wildman–Crippen LogP) is 3.53. The van der Waals surface area contributed by atoms with E-state index in [1.54, 1.807) is 26.4 Å². The summed E-state index contributed by atoms with van der Waals surface area (Å²) in [4.78, 5) is 17.1. The zero-order chi connectivity index (χ0) is 16.8. The van der Waals surface area contributed by atoms with Crippen molar-refractivity contribution in [2.24, 2.45) is 0 Å². The maximum atomic E-state index is 11.8. The molecule has 0 atom stereocenters. The second kappa shape index (κ2) is 7.78. The zero-order valence-electron chi connectivity index (χ0n) is 13.6. The van der Waals surface area contributed by atoms with E-state index < -0.39 is 5.97 Å². The minimum absolute atomic E-state index is 0.238. The quantitative estimate of drug-likeness (QED) is 0.598. The Bertz CT molecular complexity index is 699. The maximum absolute atomic E-state index is 11.8. The number of nitrogens with zero attached hydrogens (tertiary/aromatic N) is 1. The van der Waals surface area contributed by atoms with Crippen LogP contribution in [0.1, 0.15) is 21.1 Å². The maximum Gasteiger partial charge on any atom is 0.331 e. The highest BCUT2D eigenvalue weighted by Crippen LogP contribution is 2.23. The minimum atomic E-state index is -0.405. The number of aryl methyl sites for hydroxylation is 2.